The molecule has 32 heavy (non-hydrogen) atoms. The Morgan fingerprint density at radius 1 is 1.19 bits per heavy atom. The van der Waals surface area contributed by atoms with Crippen LogP contribution in [0.4, 0.5) is 13.2 Å². The quantitative estimate of drug-likeness (QED) is 0.592. The maximum atomic E-state index is 12.7. The fourth-order valence-corrected chi connectivity index (χ4v) is 4.99. The molecule has 3 rings (SSSR count). The number of carbonyl (C=O) groups is 1. The summed E-state index contributed by atoms with van der Waals surface area (Å²) in [7, 11) is -3.67. The zero-order valence-electron chi connectivity index (χ0n) is 17.7. The van der Waals surface area contributed by atoms with E-state index >= 15 is 0 Å². The number of likely N-dealkylation sites (tertiary alicyclic amines) is 1. The molecule has 3 N–H and O–H groups in total. The number of benzene rings is 2. The third kappa shape index (κ3) is 7.16. The normalized spacial score (nSPS) is 20.6. The monoisotopic (exact) mass is 476 g/mol. The summed E-state index contributed by atoms with van der Waals surface area (Å²) in [5, 5.41) is 19.0. The van der Waals surface area contributed by atoms with Crippen LogP contribution < -0.4 is 4.72 Å². The van der Waals surface area contributed by atoms with Gasteiger partial charge in [0.1, 0.15) is 0 Å². The van der Waals surface area contributed by atoms with Crippen molar-refractivity contribution in [1.29, 1.82) is 0 Å². The smallest absolute Gasteiger partial charge is 0.475 e. The molecule has 0 aromatic heterocycles. The van der Waals surface area contributed by atoms with Gasteiger partial charge >= 0.3 is 12.1 Å². The number of fused-ring (bicyclic) bond motifs is 1. The Bertz CT molecular complexity index is 1020. The number of nitrogens with one attached hydrogen (secondary N) is 1. The fourth-order valence-electron chi connectivity index (χ4n) is 3.69. The Morgan fingerprint density at radius 2 is 1.78 bits per heavy atom. The fraction of sp³-hybridized carbons (Fsp3) is 0.476. The van der Waals surface area contributed by atoms with Crippen LogP contribution in [-0.4, -0.2) is 67.5 Å². The van der Waals surface area contributed by atoms with Crippen molar-refractivity contribution in [3.05, 3.63) is 42.5 Å². The lowest BCUT2D eigenvalue weighted by Crippen LogP contribution is -2.41. The van der Waals surface area contributed by atoms with Crippen LogP contribution in [0.15, 0.2) is 47.4 Å². The lowest BCUT2D eigenvalue weighted by molar-refractivity contribution is -0.192. The first-order valence-corrected chi connectivity index (χ1v) is 11.5. The van der Waals surface area contributed by atoms with E-state index in [9.17, 15) is 26.7 Å². The lowest BCUT2D eigenvalue weighted by atomic mass is 10.1. The van der Waals surface area contributed by atoms with Crippen LogP contribution in [0.1, 0.15) is 20.3 Å². The number of rotatable bonds is 6. The number of β-amino-alcohol motifs (C(OH)–C–C–N with tert-alkyl or cyclic N) is 1. The van der Waals surface area contributed by atoms with Gasteiger partial charge in [-0.1, -0.05) is 43.3 Å². The molecule has 1 heterocycles. The second-order valence-electron chi connectivity index (χ2n) is 7.93. The SMILES string of the molecule is CC1CC(C)N(C[C@@H](O)CNS(=O)(=O)c2cccc3ccccc23)C1.O=C(O)C(F)(F)F. The van der Waals surface area contributed by atoms with Gasteiger partial charge < -0.3 is 10.2 Å². The van der Waals surface area contributed by atoms with Gasteiger partial charge in [-0.3, -0.25) is 4.90 Å². The lowest BCUT2D eigenvalue weighted by Gasteiger charge is -2.24. The highest BCUT2D eigenvalue weighted by atomic mass is 32.2. The third-order valence-corrected chi connectivity index (χ3v) is 6.63. The van der Waals surface area contributed by atoms with E-state index in [1.807, 2.05) is 24.3 Å². The summed E-state index contributed by atoms with van der Waals surface area (Å²) >= 11 is 0. The first-order chi connectivity index (χ1) is 14.8. The van der Waals surface area contributed by atoms with Gasteiger partial charge in [0.25, 0.3) is 0 Å². The molecular formula is C21H27F3N2O5S. The summed E-state index contributed by atoms with van der Waals surface area (Å²) in [6, 6.07) is 13.0. The Balaban J connectivity index is 0.000000451. The highest BCUT2D eigenvalue weighted by molar-refractivity contribution is 7.89. The van der Waals surface area contributed by atoms with Crippen LogP contribution in [0, 0.1) is 5.92 Å². The predicted molar refractivity (Wildman–Crippen MR) is 114 cm³/mol. The summed E-state index contributed by atoms with van der Waals surface area (Å²) in [6.07, 6.45) is -4.69. The highest BCUT2D eigenvalue weighted by Gasteiger charge is 2.38. The number of aliphatic hydroxyl groups excluding tert-OH is 1. The number of carboxylic acids is 1. The molecule has 2 unspecified atom stereocenters. The van der Waals surface area contributed by atoms with Crippen LogP contribution in [0.5, 0.6) is 0 Å². The van der Waals surface area contributed by atoms with E-state index in [-0.39, 0.29) is 11.4 Å². The highest BCUT2D eigenvalue weighted by Crippen LogP contribution is 2.23. The van der Waals surface area contributed by atoms with Gasteiger partial charge in [-0.25, -0.2) is 17.9 Å². The number of sulfonamides is 1. The maximum Gasteiger partial charge on any atom is 0.490 e. The number of aliphatic carboxylic acids is 1. The molecule has 0 spiro atoms. The molecular weight excluding hydrogens is 449 g/mol. The molecule has 0 bridgehead atoms. The van der Waals surface area contributed by atoms with Gasteiger partial charge in [0.15, 0.2) is 0 Å². The van der Waals surface area contributed by atoms with E-state index in [1.54, 1.807) is 18.2 Å². The predicted octanol–water partition coefficient (Wildman–Crippen LogP) is 2.84. The van der Waals surface area contributed by atoms with Gasteiger partial charge in [-0.2, -0.15) is 13.2 Å². The number of halogens is 3. The van der Waals surface area contributed by atoms with Crippen LogP contribution in [0.2, 0.25) is 0 Å². The van der Waals surface area contributed by atoms with Crippen molar-refractivity contribution in [3.63, 3.8) is 0 Å². The van der Waals surface area contributed by atoms with Gasteiger partial charge in [-0.15, -0.1) is 0 Å². The van der Waals surface area contributed by atoms with Crippen LogP contribution in [0.25, 0.3) is 10.8 Å². The van der Waals surface area contributed by atoms with Crippen LogP contribution in [0.3, 0.4) is 0 Å². The van der Waals surface area contributed by atoms with Gasteiger partial charge in [0.05, 0.1) is 11.0 Å². The topological polar surface area (TPSA) is 107 Å². The van der Waals surface area contributed by atoms with E-state index in [0.717, 1.165) is 18.4 Å². The Kier molecular flexibility index (Phi) is 8.63. The van der Waals surface area contributed by atoms with E-state index in [1.165, 1.54) is 0 Å². The van der Waals surface area contributed by atoms with Crippen molar-refractivity contribution in [2.75, 3.05) is 19.6 Å². The van der Waals surface area contributed by atoms with E-state index in [4.69, 9.17) is 9.90 Å². The molecule has 0 radical (unpaired) electrons. The molecule has 2 aromatic carbocycles. The molecule has 0 amide bonds. The minimum absolute atomic E-state index is 0.0170. The number of nitrogens with zero attached hydrogens (tertiary/aromatic N) is 1. The Morgan fingerprint density at radius 3 is 2.34 bits per heavy atom. The molecule has 1 aliphatic rings. The minimum atomic E-state index is -5.08. The summed E-state index contributed by atoms with van der Waals surface area (Å²) in [5.74, 6) is -2.14. The Labute approximate surface area is 184 Å². The molecule has 11 heteroatoms. The van der Waals surface area contributed by atoms with Crippen molar-refractivity contribution in [3.8, 4) is 0 Å². The zero-order valence-corrected chi connectivity index (χ0v) is 18.5. The molecule has 1 saturated heterocycles. The molecule has 0 aliphatic carbocycles. The number of hydrogen-bond donors (Lipinski definition) is 3. The number of aliphatic hydroxyl groups is 1. The third-order valence-electron chi connectivity index (χ3n) is 5.15. The second-order valence-corrected chi connectivity index (χ2v) is 9.67. The summed E-state index contributed by atoms with van der Waals surface area (Å²) < 4.78 is 59.6. The molecule has 7 nitrogen and oxygen atoms in total. The van der Waals surface area contributed by atoms with Crippen molar-refractivity contribution >= 4 is 26.8 Å². The van der Waals surface area contributed by atoms with Gasteiger partial charge in [0.2, 0.25) is 10.0 Å². The second kappa shape index (κ2) is 10.6. The molecule has 3 atom stereocenters. The van der Waals surface area contributed by atoms with Crippen molar-refractivity contribution in [2.45, 2.75) is 43.5 Å². The van der Waals surface area contributed by atoms with Gasteiger partial charge in [0, 0.05) is 31.1 Å². The van der Waals surface area contributed by atoms with E-state index in [0.29, 0.717) is 23.9 Å². The standard InChI is InChI=1S/C19H26N2O3S.C2HF3O2/c1-14-10-15(2)21(12-14)13-17(22)11-20-25(23,24)19-9-5-7-16-6-3-4-8-18(16)19;3-2(4,5)1(6)7/h3-9,14-15,17,20,22H,10-13H2,1-2H3;(H,6,7)/t14?,15?,17-;/m0./s1. The minimum Gasteiger partial charge on any atom is -0.475 e. The first kappa shape index (κ1) is 26.0. The van der Waals surface area contributed by atoms with Gasteiger partial charge in [-0.05, 0) is 30.7 Å². The molecule has 178 valence electrons. The summed E-state index contributed by atoms with van der Waals surface area (Å²) in [4.78, 5) is 11.4. The number of hydrogen-bond acceptors (Lipinski definition) is 5. The van der Waals surface area contributed by atoms with Crippen molar-refractivity contribution < 1.29 is 36.6 Å². The molecule has 1 aliphatic heterocycles. The number of alkyl halides is 3. The van der Waals surface area contributed by atoms with E-state index < -0.39 is 28.3 Å². The summed E-state index contributed by atoms with van der Waals surface area (Å²) in [6.45, 7) is 5.81. The molecule has 1 fully saturated rings. The van der Waals surface area contributed by atoms with Crippen molar-refractivity contribution in [1.82, 2.24) is 9.62 Å². The zero-order chi connectivity index (χ0) is 24.1. The first-order valence-electron chi connectivity index (χ1n) is 10.0. The van der Waals surface area contributed by atoms with Crippen LogP contribution >= 0.6 is 0 Å². The van der Waals surface area contributed by atoms with E-state index in [2.05, 4.69) is 23.5 Å². The number of carboxylic acid groups (broad SMARTS) is 1. The molecule has 2 aromatic rings. The average Bonchev–Trinajstić information content (AvgIpc) is 3.02. The average molecular weight is 477 g/mol. The van der Waals surface area contributed by atoms with Crippen molar-refractivity contribution in [2.24, 2.45) is 5.92 Å². The molecule has 0 saturated carbocycles. The largest absolute Gasteiger partial charge is 0.490 e. The summed E-state index contributed by atoms with van der Waals surface area (Å²) in [5.41, 5.74) is 0. The van der Waals surface area contributed by atoms with Crippen LogP contribution in [-0.2, 0) is 14.8 Å². The Hall–Kier alpha value is -2.21. The maximum absolute atomic E-state index is 12.7.